The van der Waals surface area contributed by atoms with E-state index in [1.807, 2.05) is 48.5 Å². The molecule has 0 bridgehead atoms. The van der Waals surface area contributed by atoms with Crippen molar-refractivity contribution in [2.24, 2.45) is 0 Å². The molecular weight excluding hydrogens is 385 g/mol. The molecule has 0 aliphatic rings. The van der Waals surface area contributed by atoms with Gasteiger partial charge in [0.2, 0.25) is 0 Å². The zero-order chi connectivity index (χ0) is 17.2. The van der Waals surface area contributed by atoms with Crippen LogP contribution in [-0.4, -0.2) is 34.3 Å². The fraction of sp³-hybridized carbons (Fsp3) is 0.250. The van der Waals surface area contributed by atoms with E-state index < -0.39 is 0 Å². The standard InChI is InChI=1S/C20H22ClNOSe/c21-14-7-12-18(17-10-5-2-6-11-17)19(24)20(23)22-15-13-16-8-3-1-4-9-16/h1-6,8-11,24H,7,12-15H2,(H,22,23). The quantitative estimate of drug-likeness (QED) is 0.404. The average molecular weight is 407 g/mol. The molecule has 0 fully saturated rings. The number of halogens is 1. The fourth-order valence-corrected chi connectivity index (χ4v) is 3.27. The first kappa shape index (κ1) is 18.8. The van der Waals surface area contributed by atoms with Crippen molar-refractivity contribution in [3.63, 3.8) is 0 Å². The first-order valence-corrected chi connectivity index (χ1v) is 9.55. The van der Waals surface area contributed by atoms with E-state index in [0.29, 0.717) is 16.9 Å². The van der Waals surface area contributed by atoms with Crippen LogP contribution < -0.4 is 5.32 Å². The van der Waals surface area contributed by atoms with Crippen LogP contribution in [0.25, 0.3) is 5.57 Å². The third kappa shape index (κ3) is 5.83. The van der Waals surface area contributed by atoms with Crippen molar-refractivity contribution < 1.29 is 4.79 Å². The Hall–Kier alpha value is -1.54. The molecule has 0 unspecified atom stereocenters. The number of allylic oxidation sites excluding steroid dienone is 1. The Morgan fingerprint density at radius 3 is 2.25 bits per heavy atom. The molecule has 0 atom stereocenters. The molecular formula is C20H22ClNOSe. The zero-order valence-corrected chi connectivity index (χ0v) is 16.2. The molecule has 2 rings (SSSR count). The predicted molar refractivity (Wildman–Crippen MR) is 104 cm³/mol. The molecule has 0 saturated heterocycles. The van der Waals surface area contributed by atoms with Gasteiger partial charge in [0.1, 0.15) is 0 Å². The summed E-state index contributed by atoms with van der Waals surface area (Å²) in [4.78, 5) is 12.5. The second kappa shape index (κ2) is 10.4. The molecule has 0 heterocycles. The Balaban J connectivity index is 2.04. The first-order chi connectivity index (χ1) is 11.7. The monoisotopic (exact) mass is 407 g/mol. The second-order valence-corrected chi connectivity index (χ2v) is 6.79. The van der Waals surface area contributed by atoms with Crippen LogP contribution >= 0.6 is 11.6 Å². The van der Waals surface area contributed by atoms with Gasteiger partial charge in [0.15, 0.2) is 0 Å². The van der Waals surface area contributed by atoms with Crippen molar-refractivity contribution in [3.05, 3.63) is 76.3 Å². The van der Waals surface area contributed by atoms with Crippen molar-refractivity contribution in [1.29, 1.82) is 0 Å². The molecule has 0 radical (unpaired) electrons. The number of carbonyl (C=O) groups is 1. The Labute approximate surface area is 157 Å². The van der Waals surface area contributed by atoms with Crippen LogP contribution in [0, 0.1) is 0 Å². The van der Waals surface area contributed by atoms with Crippen LogP contribution in [0.3, 0.4) is 0 Å². The molecule has 2 nitrogen and oxygen atoms in total. The molecule has 126 valence electrons. The molecule has 0 spiro atoms. The zero-order valence-electron chi connectivity index (χ0n) is 13.5. The van der Waals surface area contributed by atoms with Gasteiger partial charge >= 0.3 is 157 Å². The molecule has 0 aromatic heterocycles. The normalized spacial score (nSPS) is 11.8. The third-order valence-corrected chi connectivity index (χ3v) is 4.99. The summed E-state index contributed by atoms with van der Waals surface area (Å²) in [6.07, 6.45) is 2.48. The van der Waals surface area contributed by atoms with Gasteiger partial charge in [0.25, 0.3) is 0 Å². The maximum atomic E-state index is 12.5. The van der Waals surface area contributed by atoms with Gasteiger partial charge in [-0.15, -0.1) is 0 Å². The molecule has 2 aromatic carbocycles. The van der Waals surface area contributed by atoms with Gasteiger partial charge in [-0.1, -0.05) is 0 Å². The molecule has 4 heteroatoms. The summed E-state index contributed by atoms with van der Waals surface area (Å²) < 4.78 is 0.715. The Morgan fingerprint density at radius 2 is 1.62 bits per heavy atom. The Bertz CT molecular complexity index is 671. The van der Waals surface area contributed by atoms with E-state index in [1.165, 1.54) is 5.56 Å². The number of rotatable bonds is 8. The molecule has 0 saturated carbocycles. The summed E-state index contributed by atoms with van der Waals surface area (Å²) in [5, 5.41) is 3.01. The minimum atomic E-state index is -0.0284. The number of carbonyl (C=O) groups excluding carboxylic acids is 1. The molecule has 0 aliphatic carbocycles. The topological polar surface area (TPSA) is 29.1 Å². The molecule has 0 aliphatic heterocycles. The number of hydrogen-bond donors (Lipinski definition) is 1. The molecule has 1 N–H and O–H groups in total. The van der Waals surface area contributed by atoms with Crippen LogP contribution in [0.5, 0.6) is 0 Å². The van der Waals surface area contributed by atoms with Crippen molar-refractivity contribution >= 4 is 39.1 Å². The summed E-state index contributed by atoms with van der Waals surface area (Å²) in [5.74, 6) is 0.561. The van der Waals surface area contributed by atoms with Gasteiger partial charge in [0, 0.05) is 0 Å². The van der Waals surface area contributed by atoms with Gasteiger partial charge in [0.05, 0.1) is 0 Å². The van der Waals surface area contributed by atoms with Gasteiger partial charge in [-0.2, -0.15) is 0 Å². The van der Waals surface area contributed by atoms with Crippen LogP contribution in [0.4, 0.5) is 0 Å². The summed E-state index contributed by atoms with van der Waals surface area (Å²) >= 11 is 8.27. The van der Waals surface area contributed by atoms with Crippen molar-refractivity contribution in [2.75, 3.05) is 12.4 Å². The number of alkyl halides is 1. The van der Waals surface area contributed by atoms with E-state index in [9.17, 15) is 4.79 Å². The summed E-state index contributed by atoms with van der Waals surface area (Å²) in [6.45, 7) is 0.627. The number of benzene rings is 2. The predicted octanol–water partition coefficient (Wildman–Crippen LogP) is 3.68. The van der Waals surface area contributed by atoms with Crippen LogP contribution in [0.2, 0.25) is 0 Å². The van der Waals surface area contributed by atoms with Crippen molar-refractivity contribution in [1.82, 2.24) is 5.32 Å². The third-order valence-electron chi connectivity index (χ3n) is 3.73. The fourth-order valence-electron chi connectivity index (χ4n) is 2.47. The van der Waals surface area contributed by atoms with Crippen LogP contribution in [0.1, 0.15) is 24.0 Å². The summed E-state index contributed by atoms with van der Waals surface area (Å²) in [5.41, 5.74) is 3.35. The molecule has 2 aromatic rings. The van der Waals surface area contributed by atoms with E-state index in [0.717, 1.165) is 30.4 Å². The van der Waals surface area contributed by atoms with Gasteiger partial charge in [-0.25, -0.2) is 0 Å². The van der Waals surface area contributed by atoms with Crippen molar-refractivity contribution in [3.8, 4) is 0 Å². The van der Waals surface area contributed by atoms with Gasteiger partial charge in [-0.05, 0) is 0 Å². The molecule has 1 amide bonds. The number of amides is 1. The minimum absolute atomic E-state index is 0.0284. The van der Waals surface area contributed by atoms with Crippen LogP contribution in [-0.2, 0) is 11.2 Å². The summed E-state index contributed by atoms with van der Waals surface area (Å²) in [7, 11) is 0. The average Bonchev–Trinajstić information content (AvgIpc) is 2.63. The second-order valence-electron chi connectivity index (χ2n) is 5.48. The van der Waals surface area contributed by atoms with E-state index in [4.69, 9.17) is 11.6 Å². The maximum absolute atomic E-state index is 12.5. The SMILES string of the molecule is O=C(NCCc1ccccc1)C([SeH])=C(CCCCl)c1ccccc1. The molecule has 24 heavy (non-hydrogen) atoms. The van der Waals surface area contributed by atoms with Gasteiger partial charge in [-0.3, -0.25) is 0 Å². The van der Waals surface area contributed by atoms with E-state index >= 15 is 0 Å². The number of hydrogen-bond acceptors (Lipinski definition) is 1. The number of nitrogens with one attached hydrogen (secondary N) is 1. The Kier molecular flexibility index (Phi) is 8.10. The Morgan fingerprint density at radius 1 is 1.00 bits per heavy atom. The van der Waals surface area contributed by atoms with E-state index in [2.05, 4.69) is 33.5 Å². The van der Waals surface area contributed by atoms with Crippen LogP contribution in [0.15, 0.2) is 65.1 Å². The van der Waals surface area contributed by atoms with Crippen molar-refractivity contribution in [2.45, 2.75) is 19.3 Å². The van der Waals surface area contributed by atoms with E-state index in [1.54, 1.807) is 0 Å². The first-order valence-electron chi connectivity index (χ1n) is 8.08. The summed E-state index contributed by atoms with van der Waals surface area (Å²) in [6, 6.07) is 20.2. The van der Waals surface area contributed by atoms with Gasteiger partial charge < -0.3 is 0 Å². The van der Waals surface area contributed by atoms with E-state index in [-0.39, 0.29) is 5.91 Å².